The smallest absolute Gasteiger partial charge is 0.316 e. The van der Waals surface area contributed by atoms with Gasteiger partial charge in [0.25, 0.3) is 0 Å². The average molecular weight is 252 g/mol. The van der Waals surface area contributed by atoms with Gasteiger partial charge >= 0.3 is 11.9 Å². The molecule has 0 aromatic heterocycles. The Hall–Kier alpha value is -0.360. The Labute approximate surface area is 99.9 Å². The highest BCUT2D eigenvalue weighted by atomic mass is 32.1. The Balaban J connectivity index is 3.46. The Bertz CT molecular complexity index is 220. The number of thiol groups is 2. The van der Waals surface area contributed by atoms with E-state index in [-0.39, 0.29) is 11.7 Å². The van der Waals surface area contributed by atoms with Gasteiger partial charge in [-0.2, -0.15) is 25.3 Å². The maximum absolute atomic E-state index is 10.4. The molecule has 6 heteroatoms. The molecule has 4 nitrogen and oxygen atoms in total. The number of carbonyl (C=O) groups is 2. The van der Waals surface area contributed by atoms with Gasteiger partial charge in [-0.05, 0) is 12.8 Å². The van der Waals surface area contributed by atoms with E-state index in [1.54, 1.807) is 0 Å². The molecule has 0 heterocycles. The van der Waals surface area contributed by atoms with E-state index in [4.69, 9.17) is 10.2 Å². The summed E-state index contributed by atoms with van der Waals surface area (Å²) in [5, 5.41) is 16.2. The minimum Gasteiger partial charge on any atom is -0.481 e. The maximum Gasteiger partial charge on any atom is 0.316 e. The second kappa shape index (κ2) is 7.87. The van der Waals surface area contributed by atoms with Crippen molar-refractivity contribution in [1.82, 2.24) is 0 Å². The number of hydrogen-bond acceptors (Lipinski definition) is 4. The fourth-order valence-corrected chi connectivity index (χ4v) is 1.67. The molecule has 0 saturated heterocycles. The topological polar surface area (TPSA) is 74.6 Å². The van der Waals surface area contributed by atoms with Crippen LogP contribution in [0.3, 0.4) is 0 Å². The Morgan fingerprint density at radius 2 is 1.60 bits per heavy atom. The molecule has 88 valence electrons. The van der Waals surface area contributed by atoms with Crippen LogP contribution in [0, 0.1) is 0 Å². The SMILES string of the molecule is O=C(O)CC(S)CCCCC(S)C(=O)O. The molecule has 0 radical (unpaired) electrons. The van der Waals surface area contributed by atoms with Crippen molar-refractivity contribution in [3.05, 3.63) is 0 Å². The summed E-state index contributed by atoms with van der Waals surface area (Å²) in [6, 6.07) is 0. The van der Waals surface area contributed by atoms with Gasteiger partial charge in [-0.15, -0.1) is 0 Å². The third-order valence-corrected chi connectivity index (χ3v) is 2.88. The van der Waals surface area contributed by atoms with E-state index in [0.29, 0.717) is 12.8 Å². The molecule has 0 rings (SSSR count). The first-order valence-corrected chi connectivity index (χ1v) is 5.77. The lowest BCUT2D eigenvalue weighted by atomic mass is 10.1. The molecule has 0 bridgehead atoms. The van der Waals surface area contributed by atoms with Gasteiger partial charge in [-0.25, -0.2) is 0 Å². The summed E-state index contributed by atoms with van der Waals surface area (Å²) in [6.45, 7) is 0. The molecule has 2 unspecified atom stereocenters. The van der Waals surface area contributed by atoms with Crippen molar-refractivity contribution in [3.63, 3.8) is 0 Å². The van der Waals surface area contributed by atoms with Crippen LogP contribution in [-0.2, 0) is 9.59 Å². The van der Waals surface area contributed by atoms with Gasteiger partial charge in [0.05, 0.1) is 11.7 Å². The normalized spacial score (nSPS) is 14.5. The van der Waals surface area contributed by atoms with Crippen LogP contribution in [0.2, 0.25) is 0 Å². The second-order valence-corrected chi connectivity index (χ2v) is 4.74. The van der Waals surface area contributed by atoms with Crippen molar-refractivity contribution in [2.24, 2.45) is 0 Å². The number of aliphatic carboxylic acids is 2. The lowest BCUT2D eigenvalue weighted by Gasteiger charge is -2.08. The molecule has 0 aliphatic carbocycles. The number of hydrogen-bond donors (Lipinski definition) is 4. The highest BCUT2D eigenvalue weighted by Gasteiger charge is 2.12. The Morgan fingerprint density at radius 1 is 1.07 bits per heavy atom. The molecule has 2 N–H and O–H groups in total. The number of unbranched alkanes of at least 4 members (excludes halogenated alkanes) is 1. The van der Waals surface area contributed by atoms with Gasteiger partial charge in [-0.3, -0.25) is 9.59 Å². The number of rotatable bonds is 8. The molecule has 0 aliphatic heterocycles. The van der Waals surface area contributed by atoms with E-state index < -0.39 is 17.2 Å². The minimum absolute atomic E-state index is 0.0480. The zero-order valence-corrected chi connectivity index (χ0v) is 10.1. The van der Waals surface area contributed by atoms with Crippen LogP contribution in [0.1, 0.15) is 32.1 Å². The highest BCUT2D eigenvalue weighted by molar-refractivity contribution is 7.81. The monoisotopic (exact) mass is 252 g/mol. The summed E-state index contributed by atoms with van der Waals surface area (Å²) >= 11 is 8.01. The standard InChI is InChI=1S/C9H16O4S2/c10-8(11)5-6(14)3-1-2-4-7(15)9(12)13/h6-7,14-15H,1-5H2,(H,10,11)(H,12,13). The van der Waals surface area contributed by atoms with Gasteiger partial charge in [-0.1, -0.05) is 12.8 Å². The van der Waals surface area contributed by atoms with Crippen LogP contribution >= 0.6 is 25.3 Å². The number of carboxylic acids is 2. The summed E-state index contributed by atoms with van der Waals surface area (Å²) in [4.78, 5) is 20.7. The quantitative estimate of drug-likeness (QED) is 0.392. The van der Waals surface area contributed by atoms with Crippen LogP contribution in [0.4, 0.5) is 0 Å². The van der Waals surface area contributed by atoms with Crippen LogP contribution in [0.5, 0.6) is 0 Å². The van der Waals surface area contributed by atoms with Gasteiger partial charge in [0, 0.05) is 5.25 Å². The van der Waals surface area contributed by atoms with Gasteiger partial charge < -0.3 is 10.2 Å². The Morgan fingerprint density at radius 3 is 2.07 bits per heavy atom. The van der Waals surface area contributed by atoms with Crippen molar-refractivity contribution in [3.8, 4) is 0 Å². The molecular formula is C9H16O4S2. The summed E-state index contributed by atoms with van der Waals surface area (Å²) in [7, 11) is 0. The first kappa shape index (κ1) is 14.6. The Kier molecular flexibility index (Phi) is 7.68. The average Bonchev–Trinajstić information content (AvgIpc) is 2.10. The third-order valence-electron chi connectivity index (χ3n) is 1.96. The predicted octanol–water partition coefficient (Wildman–Crippen LogP) is 1.70. The molecule has 15 heavy (non-hydrogen) atoms. The van der Waals surface area contributed by atoms with E-state index in [1.165, 1.54) is 0 Å². The molecule has 0 aromatic rings. The van der Waals surface area contributed by atoms with Crippen LogP contribution in [0.15, 0.2) is 0 Å². The van der Waals surface area contributed by atoms with E-state index in [0.717, 1.165) is 12.8 Å². The number of carboxylic acid groups (broad SMARTS) is 2. The van der Waals surface area contributed by atoms with Crippen molar-refractivity contribution in [2.75, 3.05) is 0 Å². The van der Waals surface area contributed by atoms with E-state index in [9.17, 15) is 9.59 Å². The fourth-order valence-electron chi connectivity index (χ4n) is 1.14. The molecule has 0 aliphatic rings. The third kappa shape index (κ3) is 8.62. The molecule has 0 fully saturated rings. The zero-order chi connectivity index (χ0) is 11.8. The van der Waals surface area contributed by atoms with Crippen molar-refractivity contribution in [2.45, 2.75) is 42.6 Å². The fraction of sp³-hybridized carbons (Fsp3) is 0.778. The molecule has 2 atom stereocenters. The predicted molar refractivity (Wildman–Crippen MR) is 63.9 cm³/mol. The summed E-state index contributed by atoms with van der Waals surface area (Å²) in [6.07, 6.45) is 2.76. The zero-order valence-electron chi connectivity index (χ0n) is 8.30. The van der Waals surface area contributed by atoms with Crippen LogP contribution in [-0.4, -0.2) is 32.7 Å². The minimum atomic E-state index is -0.911. The lowest BCUT2D eigenvalue weighted by molar-refractivity contribution is -0.137. The molecule has 0 aromatic carbocycles. The van der Waals surface area contributed by atoms with Crippen LogP contribution < -0.4 is 0 Å². The van der Waals surface area contributed by atoms with Crippen molar-refractivity contribution >= 4 is 37.2 Å². The second-order valence-electron chi connectivity index (χ2n) is 3.39. The van der Waals surface area contributed by atoms with Crippen LogP contribution in [0.25, 0.3) is 0 Å². The molecular weight excluding hydrogens is 236 g/mol. The molecule has 0 saturated carbocycles. The van der Waals surface area contributed by atoms with E-state index >= 15 is 0 Å². The molecule has 0 amide bonds. The van der Waals surface area contributed by atoms with E-state index in [2.05, 4.69) is 25.3 Å². The van der Waals surface area contributed by atoms with Gasteiger partial charge in [0.2, 0.25) is 0 Å². The van der Waals surface area contributed by atoms with Crippen molar-refractivity contribution < 1.29 is 19.8 Å². The maximum atomic E-state index is 10.4. The summed E-state index contributed by atoms with van der Waals surface area (Å²) in [5.74, 6) is -1.76. The molecule has 0 spiro atoms. The lowest BCUT2D eigenvalue weighted by Crippen LogP contribution is -2.13. The summed E-state index contributed by atoms with van der Waals surface area (Å²) in [5.41, 5.74) is 0. The first-order chi connectivity index (χ1) is 6.93. The van der Waals surface area contributed by atoms with Crippen molar-refractivity contribution in [1.29, 1.82) is 0 Å². The highest BCUT2D eigenvalue weighted by Crippen LogP contribution is 2.14. The van der Waals surface area contributed by atoms with Gasteiger partial charge in [0.1, 0.15) is 0 Å². The largest absolute Gasteiger partial charge is 0.481 e. The first-order valence-electron chi connectivity index (χ1n) is 4.74. The van der Waals surface area contributed by atoms with E-state index in [1.807, 2.05) is 0 Å². The summed E-state index contributed by atoms with van der Waals surface area (Å²) < 4.78 is 0. The van der Waals surface area contributed by atoms with Gasteiger partial charge in [0.15, 0.2) is 0 Å².